The lowest BCUT2D eigenvalue weighted by molar-refractivity contribution is -0.322. The molecule has 146 valence electrons. The zero-order valence-corrected chi connectivity index (χ0v) is 17.6. The van der Waals surface area contributed by atoms with Crippen LogP contribution in [0, 0.1) is 23.7 Å². The second-order valence-corrected chi connectivity index (χ2v) is 8.36. The first-order chi connectivity index (χ1) is 11.9. The Bertz CT molecular complexity index is 421. The molecule has 2 fully saturated rings. The van der Waals surface area contributed by atoms with E-state index in [1.54, 1.807) is 0 Å². The van der Waals surface area contributed by atoms with E-state index in [1.807, 2.05) is 0 Å². The van der Waals surface area contributed by atoms with Gasteiger partial charge in [-0.1, -0.05) is 50.5 Å². The van der Waals surface area contributed by atoms with E-state index in [4.69, 9.17) is 18.9 Å². The highest BCUT2D eigenvalue weighted by Gasteiger charge is 2.45. The molecule has 0 radical (unpaired) electrons. The molecule has 2 saturated heterocycles. The van der Waals surface area contributed by atoms with Gasteiger partial charge in [-0.25, -0.2) is 0 Å². The summed E-state index contributed by atoms with van der Waals surface area (Å²) in [6, 6.07) is 0. The number of halogens is 1. The molecule has 0 aliphatic carbocycles. The average molecular weight is 421 g/mol. The standard InChI is InChI=1S/C19H33BrO5/c1-6-15-13(4)14(5)18(19(24-15)22-8-7-20)25-17-9-11(2)12(3)16(10-21)23-17/h10-19H,6-9H2,1-5H3/t11-,12+,13+,14+,15?,16?,17-,18?,19+/m1/s1. The molecule has 6 heteroatoms. The third kappa shape index (κ3) is 5.04. The third-order valence-electron chi connectivity index (χ3n) is 6.00. The van der Waals surface area contributed by atoms with Crippen LogP contribution in [-0.4, -0.2) is 49.1 Å². The normalized spacial score (nSPS) is 45.3. The molecule has 0 spiro atoms. The lowest BCUT2D eigenvalue weighted by Gasteiger charge is -2.46. The molecule has 9 atom stereocenters. The van der Waals surface area contributed by atoms with Gasteiger partial charge in [-0.3, -0.25) is 0 Å². The van der Waals surface area contributed by atoms with Gasteiger partial charge in [-0.2, -0.15) is 0 Å². The van der Waals surface area contributed by atoms with Crippen LogP contribution >= 0.6 is 15.9 Å². The van der Waals surface area contributed by atoms with Crippen LogP contribution in [0.2, 0.25) is 0 Å². The summed E-state index contributed by atoms with van der Waals surface area (Å²) in [5.41, 5.74) is 0. The summed E-state index contributed by atoms with van der Waals surface area (Å²) in [4.78, 5) is 11.3. The van der Waals surface area contributed by atoms with Gasteiger partial charge in [0.1, 0.15) is 18.5 Å². The number of hydrogen-bond acceptors (Lipinski definition) is 5. The summed E-state index contributed by atoms with van der Waals surface area (Å²) in [6.07, 6.45) is 1.40. The molecule has 5 nitrogen and oxygen atoms in total. The monoisotopic (exact) mass is 420 g/mol. The van der Waals surface area contributed by atoms with Gasteiger partial charge in [0.25, 0.3) is 0 Å². The number of hydrogen-bond donors (Lipinski definition) is 0. The van der Waals surface area contributed by atoms with Crippen molar-refractivity contribution < 1.29 is 23.7 Å². The summed E-state index contributed by atoms with van der Waals surface area (Å²) < 4.78 is 24.3. The highest BCUT2D eigenvalue weighted by Crippen LogP contribution is 2.37. The van der Waals surface area contributed by atoms with Crippen molar-refractivity contribution >= 4 is 22.2 Å². The second-order valence-electron chi connectivity index (χ2n) is 7.57. The minimum Gasteiger partial charge on any atom is -0.349 e. The smallest absolute Gasteiger partial charge is 0.184 e. The fourth-order valence-corrected chi connectivity index (χ4v) is 4.01. The molecule has 3 unspecified atom stereocenters. The van der Waals surface area contributed by atoms with Crippen LogP contribution in [0.15, 0.2) is 0 Å². The van der Waals surface area contributed by atoms with Gasteiger partial charge in [-0.15, -0.1) is 0 Å². The predicted octanol–water partition coefficient (Wildman–Crippen LogP) is 3.78. The van der Waals surface area contributed by atoms with Crippen LogP contribution in [-0.2, 0) is 23.7 Å². The summed E-state index contributed by atoms with van der Waals surface area (Å²) in [6.45, 7) is 11.3. The van der Waals surface area contributed by atoms with Crippen molar-refractivity contribution in [2.75, 3.05) is 11.9 Å². The Balaban J connectivity index is 2.08. The first-order valence-corrected chi connectivity index (χ1v) is 10.6. The summed E-state index contributed by atoms with van der Waals surface area (Å²) >= 11 is 3.40. The minimum absolute atomic E-state index is 0.170. The highest BCUT2D eigenvalue weighted by molar-refractivity contribution is 9.09. The summed E-state index contributed by atoms with van der Waals surface area (Å²) in [5, 5.41) is 0.752. The minimum atomic E-state index is -0.406. The third-order valence-corrected chi connectivity index (χ3v) is 6.33. The average Bonchev–Trinajstić information content (AvgIpc) is 2.61. The molecule has 0 saturated carbocycles. The topological polar surface area (TPSA) is 54.0 Å². The number of carbonyl (C=O) groups excluding carboxylic acids is 1. The van der Waals surface area contributed by atoms with E-state index in [-0.39, 0.29) is 24.0 Å². The van der Waals surface area contributed by atoms with Crippen LogP contribution in [0.5, 0.6) is 0 Å². The van der Waals surface area contributed by atoms with Gasteiger partial charge in [-0.05, 0) is 30.1 Å². The quantitative estimate of drug-likeness (QED) is 0.463. The van der Waals surface area contributed by atoms with Crippen molar-refractivity contribution in [3.05, 3.63) is 0 Å². The molecule has 0 N–H and O–H groups in total. The lowest BCUT2D eigenvalue weighted by Crippen LogP contribution is -2.54. The van der Waals surface area contributed by atoms with E-state index in [2.05, 4.69) is 50.5 Å². The molecule has 0 aromatic heterocycles. The van der Waals surface area contributed by atoms with Gasteiger partial charge in [0.2, 0.25) is 0 Å². The SMILES string of the molecule is CCC1O[C@H](OCCBr)C(O[C@@H]2C[C@@H](C)[C@H](C)C(C=O)O2)[C@@H](C)[C@@H]1C. The van der Waals surface area contributed by atoms with Gasteiger partial charge in [0.05, 0.1) is 12.7 Å². The van der Waals surface area contributed by atoms with Crippen molar-refractivity contribution in [2.45, 2.75) is 78.4 Å². The maximum Gasteiger partial charge on any atom is 0.184 e. The Morgan fingerprint density at radius 3 is 2.44 bits per heavy atom. The maximum absolute atomic E-state index is 11.3. The van der Waals surface area contributed by atoms with Crippen molar-refractivity contribution in [3.8, 4) is 0 Å². The molecule has 2 rings (SSSR count). The molecular formula is C19H33BrO5. The number of rotatable bonds is 7. The molecule has 25 heavy (non-hydrogen) atoms. The first kappa shape index (κ1) is 21.3. The van der Waals surface area contributed by atoms with E-state index in [9.17, 15) is 4.79 Å². The molecule has 0 bridgehead atoms. The van der Waals surface area contributed by atoms with Gasteiger partial charge in [0.15, 0.2) is 12.6 Å². The number of aldehydes is 1. The Labute approximate surface area is 160 Å². The molecular weight excluding hydrogens is 388 g/mol. The lowest BCUT2D eigenvalue weighted by atomic mass is 9.82. The van der Waals surface area contributed by atoms with Crippen molar-refractivity contribution in [1.82, 2.24) is 0 Å². The van der Waals surface area contributed by atoms with E-state index in [0.29, 0.717) is 18.4 Å². The molecule has 2 aliphatic rings. The second kappa shape index (κ2) is 9.79. The van der Waals surface area contributed by atoms with E-state index < -0.39 is 18.7 Å². The largest absolute Gasteiger partial charge is 0.349 e. The fourth-order valence-electron chi connectivity index (χ4n) is 3.83. The van der Waals surface area contributed by atoms with E-state index in [0.717, 1.165) is 24.5 Å². The van der Waals surface area contributed by atoms with Crippen LogP contribution in [0.4, 0.5) is 0 Å². The van der Waals surface area contributed by atoms with Gasteiger partial charge in [0, 0.05) is 11.8 Å². The Morgan fingerprint density at radius 1 is 1.12 bits per heavy atom. The van der Waals surface area contributed by atoms with Crippen molar-refractivity contribution in [3.63, 3.8) is 0 Å². The fraction of sp³-hybridized carbons (Fsp3) is 0.947. The Morgan fingerprint density at radius 2 is 1.84 bits per heavy atom. The zero-order valence-electron chi connectivity index (χ0n) is 16.0. The van der Waals surface area contributed by atoms with Crippen LogP contribution < -0.4 is 0 Å². The van der Waals surface area contributed by atoms with Crippen molar-refractivity contribution in [2.24, 2.45) is 23.7 Å². The highest BCUT2D eigenvalue weighted by atomic mass is 79.9. The van der Waals surface area contributed by atoms with Gasteiger partial charge < -0.3 is 23.7 Å². The van der Waals surface area contributed by atoms with Crippen LogP contribution in [0.25, 0.3) is 0 Å². The molecule has 2 heterocycles. The van der Waals surface area contributed by atoms with Crippen LogP contribution in [0.3, 0.4) is 0 Å². The summed E-state index contributed by atoms with van der Waals surface area (Å²) in [7, 11) is 0. The number of carbonyl (C=O) groups is 1. The van der Waals surface area contributed by atoms with Gasteiger partial charge >= 0.3 is 0 Å². The molecule has 2 aliphatic heterocycles. The van der Waals surface area contributed by atoms with Crippen molar-refractivity contribution in [1.29, 1.82) is 0 Å². The van der Waals surface area contributed by atoms with Crippen LogP contribution in [0.1, 0.15) is 47.5 Å². The number of alkyl halides is 1. The Hall–Kier alpha value is -0.0100. The summed E-state index contributed by atoms with van der Waals surface area (Å²) in [5.74, 6) is 1.24. The Kier molecular flexibility index (Phi) is 8.34. The first-order valence-electron chi connectivity index (χ1n) is 9.52. The molecule has 0 aromatic carbocycles. The zero-order chi connectivity index (χ0) is 18.6. The molecule has 0 aromatic rings. The van der Waals surface area contributed by atoms with E-state index in [1.165, 1.54) is 0 Å². The maximum atomic E-state index is 11.3. The predicted molar refractivity (Wildman–Crippen MR) is 99.6 cm³/mol. The van der Waals surface area contributed by atoms with E-state index >= 15 is 0 Å². The number of ether oxygens (including phenoxy) is 4. The molecule has 0 amide bonds.